The predicted molar refractivity (Wildman–Crippen MR) is 69.2 cm³/mol. The van der Waals surface area contributed by atoms with E-state index in [9.17, 15) is 4.79 Å². The van der Waals surface area contributed by atoms with Crippen molar-refractivity contribution in [2.45, 2.75) is 20.4 Å². The van der Waals surface area contributed by atoms with Gasteiger partial charge in [0, 0.05) is 36.4 Å². The van der Waals surface area contributed by atoms with Gasteiger partial charge in [0.15, 0.2) is 5.82 Å². The minimum Gasteiger partial charge on any atom is -0.398 e. The first-order valence-corrected chi connectivity index (χ1v) is 5.67. The van der Waals surface area contributed by atoms with Crippen molar-refractivity contribution in [3.05, 3.63) is 35.8 Å². The number of hydrogen-bond donors (Lipinski definition) is 2. The average Bonchev–Trinajstić information content (AvgIpc) is 2.76. The maximum absolute atomic E-state index is 12.0. The van der Waals surface area contributed by atoms with Crippen molar-refractivity contribution in [3.8, 4) is 0 Å². The molecule has 0 radical (unpaired) electrons. The first kappa shape index (κ1) is 12.1. The van der Waals surface area contributed by atoms with Gasteiger partial charge in [0.25, 0.3) is 5.91 Å². The summed E-state index contributed by atoms with van der Waals surface area (Å²) in [6, 6.07) is 3.40. The van der Waals surface area contributed by atoms with Gasteiger partial charge in [-0.05, 0) is 19.9 Å². The van der Waals surface area contributed by atoms with E-state index in [1.807, 2.05) is 13.8 Å². The topological polar surface area (TPSA) is 85.8 Å². The third kappa shape index (κ3) is 2.48. The van der Waals surface area contributed by atoms with Crippen LogP contribution in [0.15, 0.2) is 24.5 Å². The molecule has 2 heterocycles. The normalized spacial score (nSPS) is 10.3. The van der Waals surface area contributed by atoms with Gasteiger partial charge in [-0.1, -0.05) is 0 Å². The van der Waals surface area contributed by atoms with Crippen LogP contribution in [0, 0.1) is 6.92 Å². The van der Waals surface area contributed by atoms with Crippen LogP contribution in [0.4, 0.5) is 11.5 Å². The van der Waals surface area contributed by atoms with E-state index in [0.29, 0.717) is 17.1 Å². The molecule has 2 aromatic heterocycles. The van der Waals surface area contributed by atoms with Crippen LogP contribution in [-0.2, 0) is 6.54 Å². The standard InChI is InChI=1S/C12H15N5O/c1-3-17-5-4-11(16-17)15-12(18)9-7-14-8(2)6-10(9)13/h4-7H,3H2,1-2H3,(H2,13,14)(H,15,16,18). The summed E-state index contributed by atoms with van der Waals surface area (Å²) in [5, 5.41) is 6.85. The Morgan fingerprint density at radius 3 is 2.94 bits per heavy atom. The van der Waals surface area contributed by atoms with Crippen LogP contribution in [0.1, 0.15) is 23.0 Å². The number of rotatable bonds is 3. The van der Waals surface area contributed by atoms with Gasteiger partial charge in [0.2, 0.25) is 0 Å². The number of hydrogen-bond acceptors (Lipinski definition) is 4. The number of amides is 1. The molecule has 2 aromatic rings. The Hall–Kier alpha value is -2.37. The smallest absolute Gasteiger partial charge is 0.260 e. The number of nitrogens with zero attached hydrogens (tertiary/aromatic N) is 3. The Labute approximate surface area is 105 Å². The van der Waals surface area contributed by atoms with E-state index >= 15 is 0 Å². The molecule has 6 heteroatoms. The maximum Gasteiger partial charge on any atom is 0.260 e. The molecule has 0 fully saturated rings. The van der Waals surface area contributed by atoms with Crippen LogP contribution in [0.2, 0.25) is 0 Å². The molecule has 6 nitrogen and oxygen atoms in total. The third-order valence-corrected chi connectivity index (χ3v) is 2.52. The highest BCUT2D eigenvalue weighted by atomic mass is 16.1. The molecule has 94 valence electrons. The van der Waals surface area contributed by atoms with Gasteiger partial charge in [0.05, 0.1) is 5.56 Å². The number of nitrogens with one attached hydrogen (secondary N) is 1. The molecular formula is C12H15N5O. The lowest BCUT2D eigenvalue weighted by atomic mass is 10.2. The van der Waals surface area contributed by atoms with E-state index in [-0.39, 0.29) is 5.91 Å². The second kappa shape index (κ2) is 4.87. The van der Waals surface area contributed by atoms with Crippen molar-refractivity contribution in [2.75, 3.05) is 11.1 Å². The number of nitrogens with two attached hydrogens (primary N) is 1. The highest BCUT2D eigenvalue weighted by Gasteiger charge is 2.11. The van der Waals surface area contributed by atoms with Gasteiger partial charge >= 0.3 is 0 Å². The lowest BCUT2D eigenvalue weighted by molar-refractivity contribution is 0.102. The summed E-state index contributed by atoms with van der Waals surface area (Å²) >= 11 is 0. The molecule has 0 saturated heterocycles. The number of nitrogen functional groups attached to an aromatic ring is 1. The van der Waals surface area contributed by atoms with Crippen molar-refractivity contribution < 1.29 is 4.79 Å². The van der Waals surface area contributed by atoms with Gasteiger partial charge in [-0.2, -0.15) is 5.10 Å². The highest BCUT2D eigenvalue weighted by Crippen LogP contribution is 2.13. The van der Waals surface area contributed by atoms with Crippen LogP contribution in [0.5, 0.6) is 0 Å². The number of aromatic nitrogens is 3. The second-order valence-corrected chi connectivity index (χ2v) is 3.92. The average molecular weight is 245 g/mol. The largest absolute Gasteiger partial charge is 0.398 e. The van der Waals surface area contributed by atoms with E-state index in [0.717, 1.165) is 12.2 Å². The van der Waals surface area contributed by atoms with Crippen LogP contribution >= 0.6 is 0 Å². The van der Waals surface area contributed by atoms with Crippen molar-refractivity contribution in [2.24, 2.45) is 0 Å². The Bertz CT molecular complexity index is 576. The lowest BCUT2D eigenvalue weighted by Crippen LogP contribution is -2.15. The summed E-state index contributed by atoms with van der Waals surface area (Å²) in [4.78, 5) is 16.0. The van der Waals surface area contributed by atoms with Gasteiger partial charge in [-0.25, -0.2) is 0 Å². The predicted octanol–water partition coefficient (Wildman–Crippen LogP) is 1.44. The fourth-order valence-corrected chi connectivity index (χ4v) is 1.56. The molecule has 0 bridgehead atoms. The van der Waals surface area contributed by atoms with Crippen molar-refractivity contribution >= 4 is 17.4 Å². The van der Waals surface area contributed by atoms with Crippen LogP contribution in [-0.4, -0.2) is 20.7 Å². The molecule has 3 N–H and O–H groups in total. The lowest BCUT2D eigenvalue weighted by Gasteiger charge is -2.05. The molecule has 18 heavy (non-hydrogen) atoms. The summed E-state index contributed by atoms with van der Waals surface area (Å²) in [7, 11) is 0. The molecule has 0 spiro atoms. The molecule has 0 unspecified atom stereocenters. The molecule has 0 aliphatic carbocycles. The molecule has 0 aliphatic rings. The van der Waals surface area contributed by atoms with E-state index in [1.54, 1.807) is 23.0 Å². The summed E-state index contributed by atoms with van der Waals surface area (Å²) < 4.78 is 1.73. The molecule has 0 saturated carbocycles. The first-order chi connectivity index (χ1) is 8.60. The molecule has 0 aliphatic heterocycles. The fourth-order valence-electron chi connectivity index (χ4n) is 1.56. The number of carbonyl (C=O) groups is 1. The fraction of sp³-hybridized carbons (Fsp3) is 0.250. The van der Waals surface area contributed by atoms with E-state index in [1.165, 1.54) is 6.20 Å². The highest BCUT2D eigenvalue weighted by molar-refractivity contribution is 6.07. The molecule has 0 atom stereocenters. The van der Waals surface area contributed by atoms with E-state index < -0.39 is 0 Å². The first-order valence-electron chi connectivity index (χ1n) is 5.67. The van der Waals surface area contributed by atoms with Crippen molar-refractivity contribution in [3.63, 3.8) is 0 Å². The van der Waals surface area contributed by atoms with Crippen molar-refractivity contribution in [1.29, 1.82) is 0 Å². The van der Waals surface area contributed by atoms with Gasteiger partial charge < -0.3 is 11.1 Å². The van der Waals surface area contributed by atoms with Gasteiger partial charge in [-0.15, -0.1) is 0 Å². The molecule has 0 aromatic carbocycles. The Morgan fingerprint density at radius 1 is 1.56 bits per heavy atom. The zero-order chi connectivity index (χ0) is 13.1. The minimum atomic E-state index is -0.304. The van der Waals surface area contributed by atoms with Crippen molar-refractivity contribution in [1.82, 2.24) is 14.8 Å². The van der Waals surface area contributed by atoms with Crippen LogP contribution < -0.4 is 11.1 Å². The monoisotopic (exact) mass is 245 g/mol. The summed E-state index contributed by atoms with van der Waals surface area (Å²) in [5.74, 6) is 0.197. The Balaban J connectivity index is 2.16. The third-order valence-electron chi connectivity index (χ3n) is 2.52. The zero-order valence-corrected chi connectivity index (χ0v) is 10.3. The molecular weight excluding hydrogens is 230 g/mol. The van der Waals surface area contributed by atoms with Gasteiger partial charge in [0.1, 0.15) is 0 Å². The van der Waals surface area contributed by atoms with E-state index in [2.05, 4.69) is 15.4 Å². The SMILES string of the molecule is CCn1ccc(NC(=O)c2cnc(C)cc2N)n1. The zero-order valence-electron chi connectivity index (χ0n) is 10.3. The Morgan fingerprint density at radius 2 is 2.33 bits per heavy atom. The molecule has 2 rings (SSSR count). The van der Waals surface area contributed by atoms with Gasteiger partial charge in [-0.3, -0.25) is 14.5 Å². The van der Waals surface area contributed by atoms with Crippen LogP contribution in [0.3, 0.4) is 0 Å². The number of aryl methyl sites for hydroxylation is 2. The minimum absolute atomic E-state index is 0.304. The quantitative estimate of drug-likeness (QED) is 0.856. The maximum atomic E-state index is 12.0. The number of carbonyl (C=O) groups excluding carboxylic acids is 1. The summed E-state index contributed by atoms with van der Waals surface area (Å²) in [6.45, 7) is 4.55. The van der Waals surface area contributed by atoms with Crippen LogP contribution in [0.25, 0.3) is 0 Å². The Kier molecular flexibility index (Phi) is 3.27. The van der Waals surface area contributed by atoms with E-state index in [4.69, 9.17) is 5.73 Å². The number of pyridine rings is 1. The summed E-state index contributed by atoms with van der Waals surface area (Å²) in [6.07, 6.45) is 3.27. The molecule has 1 amide bonds. The second-order valence-electron chi connectivity index (χ2n) is 3.92. The summed E-state index contributed by atoms with van der Waals surface area (Å²) in [5.41, 5.74) is 7.32. The number of anilines is 2.